The monoisotopic (exact) mass is 224 g/mol. The molecule has 0 bridgehead atoms. The van der Waals surface area contributed by atoms with Crippen molar-refractivity contribution in [3.05, 3.63) is 23.3 Å². The number of carbonyl (C=O) groups excluding carboxylic acids is 1. The Bertz CT molecular complexity index is 383. The lowest BCUT2D eigenvalue weighted by Gasteiger charge is -2.06. The van der Waals surface area contributed by atoms with Gasteiger partial charge >= 0.3 is 0 Å². The summed E-state index contributed by atoms with van der Waals surface area (Å²) in [5, 5.41) is -1.19. The van der Waals surface area contributed by atoms with Crippen LogP contribution >= 0.6 is 11.6 Å². The maximum absolute atomic E-state index is 12.6. The third kappa shape index (κ3) is 1.95. The molecule has 0 spiro atoms. The lowest BCUT2D eigenvalue weighted by Crippen LogP contribution is -2.08. The summed E-state index contributed by atoms with van der Waals surface area (Å²) in [5.41, 5.74) is 3.00. The van der Waals surface area contributed by atoms with Gasteiger partial charge in [0.2, 0.25) is 5.95 Å². The molecule has 1 heterocycles. The van der Waals surface area contributed by atoms with Crippen molar-refractivity contribution in [3.8, 4) is 0 Å². The van der Waals surface area contributed by atoms with Gasteiger partial charge < -0.3 is 5.73 Å². The minimum absolute atomic E-state index is 0.451. The zero-order valence-electron chi connectivity index (χ0n) is 6.60. The molecule has 0 saturated carbocycles. The van der Waals surface area contributed by atoms with E-state index in [1.54, 1.807) is 0 Å². The molecule has 0 atom stereocenters. The zero-order valence-corrected chi connectivity index (χ0v) is 7.36. The van der Waals surface area contributed by atoms with Crippen LogP contribution in [-0.4, -0.2) is 10.2 Å². The van der Waals surface area contributed by atoms with Crippen LogP contribution in [0.4, 0.5) is 18.9 Å². The number of nitrogens with two attached hydrogens (primary N) is 1. The first-order valence-electron chi connectivity index (χ1n) is 3.37. The summed E-state index contributed by atoms with van der Waals surface area (Å²) in [4.78, 5) is 13.5. The van der Waals surface area contributed by atoms with Crippen molar-refractivity contribution < 1.29 is 18.0 Å². The Hall–Kier alpha value is -1.30. The number of halogens is 4. The van der Waals surface area contributed by atoms with Crippen LogP contribution in [0.2, 0.25) is 0 Å². The van der Waals surface area contributed by atoms with Crippen molar-refractivity contribution in [1.29, 1.82) is 0 Å². The average molecular weight is 225 g/mol. The first kappa shape index (κ1) is 10.8. The molecule has 1 aromatic rings. The highest BCUT2D eigenvalue weighted by molar-refractivity contribution is 6.68. The number of anilines is 1. The predicted octanol–water partition coefficient (Wildman–Crippen LogP) is 2.12. The minimum atomic E-state index is -3.11. The van der Waals surface area contributed by atoms with Crippen LogP contribution in [0.1, 0.15) is 22.5 Å². The summed E-state index contributed by atoms with van der Waals surface area (Å²) in [6, 6.07) is 0.654. The van der Waals surface area contributed by atoms with Gasteiger partial charge in [-0.15, -0.1) is 0 Å². The first-order chi connectivity index (χ1) is 6.43. The summed E-state index contributed by atoms with van der Waals surface area (Å²) >= 11 is 5.00. The third-order valence-corrected chi connectivity index (χ3v) is 1.64. The van der Waals surface area contributed by atoms with Crippen molar-refractivity contribution in [3.63, 3.8) is 0 Å². The van der Waals surface area contributed by atoms with Gasteiger partial charge in [0.05, 0.1) is 11.3 Å². The molecule has 0 saturated heterocycles. The Balaban J connectivity index is 3.44. The van der Waals surface area contributed by atoms with Gasteiger partial charge in [-0.2, -0.15) is 4.39 Å². The molecule has 2 N–H and O–H groups in total. The number of carbonyl (C=O) groups is 1. The highest BCUT2D eigenvalue weighted by Crippen LogP contribution is 2.26. The number of hydrogen-bond acceptors (Lipinski definition) is 3. The lowest BCUT2D eigenvalue weighted by atomic mass is 10.2. The second kappa shape index (κ2) is 3.83. The molecule has 1 rings (SSSR count). The highest BCUT2D eigenvalue weighted by atomic mass is 35.5. The molecule has 0 aliphatic carbocycles. The molecule has 3 nitrogen and oxygen atoms in total. The predicted molar refractivity (Wildman–Crippen MR) is 43.7 cm³/mol. The molecule has 7 heteroatoms. The third-order valence-electron chi connectivity index (χ3n) is 1.45. The average Bonchev–Trinajstić information content (AvgIpc) is 2.01. The highest BCUT2D eigenvalue weighted by Gasteiger charge is 2.22. The van der Waals surface area contributed by atoms with Crippen LogP contribution in [0, 0.1) is 5.95 Å². The smallest absolute Gasteiger partial charge is 0.281 e. The van der Waals surface area contributed by atoms with Crippen LogP contribution < -0.4 is 5.73 Å². The first-order valence-corrected chi connectivity index (χ1v) is 3.75. The van der Waals surface area contributed by atoms with E-state index >= 15 is 0 Å². The van der Waals surface area contributed by atoms with E-state index in [9.17, 15) is 18.0 Å². The van der Waals surface area contributed by atoms with E-state index in [0.29, 0.717) is 6.07 Å². The minimum Gasteiger partial charge on any atom is -0.398 e. The quantitative estimate of drug-likeness (QED) is 0.618. The van der Waals surface area contributed by atoms with Gasteiger partial charge in [-0.25, -0.2) is 13.8 Å². The topological polar surface area (TPSA) is 56.0 Å². The number of aromatic nitrogens is 1. The summed E-state index contributed by atoms with van der Waals surface area (Å²) in [6.07, 6.45) is -3.11. The van der Waals surface area contributed by atoms with Crippen LogP contribution in [0.3, 0.4) is 0 Å². The van der Waals surface area contributed by atoms with E-state index < -0.39 is 34.6 Å². The molecule has 0 unspecified atom stereocenters. The fourth-order valence-corrected chi connectivity index (χ4v) is 1.13. The number of pyridine rings is 1. The van der Waals surface area contributed by atoms with E-state index in [0.717, 1.165) is 0 Å². The fraction of sp³-hybridized carbons (Fsp3) is 0.143. The number of rotatable bonds is 2. The molecule has 0 radical (unpaired) electrons. The van der Waals surface area contributed by atoms with E-state index in [4.69, 9.17) is 17.3 Å². The summed E-state index contributed by atoms with van der Waals surface area (Å²) in [6.45, 7) is 0. The Kier molecular flexibility index (Phi) is 2.95. The van der Waals surface area contributed by atoms with Crippen molar-refractivity contribution in [2.75, 3.05) is 5.73 Å². The molecule has 0 amide bonds. The van der Waals surface area contributed by atoms with Crippen LogP contribution in [0.5, 0.6) is 0 Å². The van der Waals surface area contributed by atoms with Gasteiger partial charge in [-0.05, 0) is 11.6 Å². The molecule has 0 aliphatic rings. The van der Waals surface area contributed by atoms with Gasteiger partial charge in [0.25, 0.3) is 11.7 Å². The van der Waals surface area contributed by atoms with Gasteiger partial charge in [0, 0.05) is 6.07 Å². The molecule has 14 heavy (non-hydrogen) atoms. The number of hydrogen-bond donors (Lipinski definition) is 1. The van der Waals surface area contributed by atoms with E-state index in [-0.39, 0.29) is 0 Å². The van der Waals surface area contributed by atoms with E-state index in [2.05, 4.69) is 4.98 Å². The fourth-order valence-electron chi connectivity index (χ4n) is 0.924. The van der Waals surface area contributed by atoms with Gasteiger partial charge in [0.1, 0.15) is 5.69 Å². The molecular formula is C7H4ClF3N2O. The Morgan fingerprint density at radius 1 is 1.57 bits per heavy atom. The number of nitrogen functional groups attached to an aromatic ring is 1. The second-order valence-corrected chi connectivity index (χ2v) is 2.71. The molecule has 0 fully saturated rings. The second-order valence-electron chi connectivity index (χ2n) is 2.37. The SMILES string of the molecule is Nc1cc(F)nc(C(F)F)c1C(=O)Cl. The number of alkyl halides is 2. The van der Waals surface area contributed by atoms with Crippen LogP contribution in [-0.2, 0) is 0 Å². The molecular weight excluding hydrogens is 221 g/mol. The maximum Gasteiger partial charge on any atom is 0.281 e. The summed E-state index contributed by atoms with van der Waals surface area (Å²) < 4.78 is 37.1. The molecule has 0 aliphatic heterocycles. The van der Waals surface area contributed by atoms with Crippen molar-refractivity contribution in [2.24, 2.45) is 0 Å². The lowest BCUT2D eigenvalue weighted by molar-refractivity contribution is 0.106. The normalized spacial score (nSPS) is 10.6. The van der Waals surface area contributed by atoms with Crippen LogP contribution in [0.25, 0.3) is 0 Å². The van der Waals surface area contributed by atoms with E-state index in [1.165, 1.54) is 0 Å². The number of nitrogens with zero attached hydrogens (tertiary/aromatic N) is 1. The van der Waals surface area contributed by atoms with Gasteiger partial charge in [0.15, 0.2) is 0 Å². The zero-order chi connectivity index (χ0) is 10.9. The Labute approximate surface area is 81.7 Å². The van der Waals surface area contributed by atoms with Gasteiger partial charge in [-0.1, -0.05) is 0 Å². The van der Waals surface area contributed by atoms with Gasteiger partial charge in [-0.3, -0.25) is 4.79 Å². The van der Waals surface area contributed by atoms with Crippen molar-refractivity contribution in [1.82, 2.24) is 4.98 Å². The Morgan fingerprint density at radius 2 is 2.14 bits per heavy atom. The molecule has 0 aromatic carbocycles. The maximum atomic E-state index is 12.6. The summed E-state index contributed by atoms with van der Waals surface area (Å²) in [5.74, 6) is -1.18. The molecule has 76 valence electrons. The standard InChI is InChI=1S/C7H4ClF3N2O/c8-6(14)4-2(12)1-3(9)13-5(4)7(10)11/h1,7H,(H2,12,13). The Morgan fingerprint density at radius 3 is 2.57 bits per heavy atom. The summed E-state index contributed by atoms with van der Waals surface area (Å²) in [7, 11) is 0. The van der Waals surface area contributed by atoms with E-state index in [1.807, 2.05) is 0 Å². The van der Waals surface area contributed by atoms with Crippen LogP contribution in [0.15, 0.2) is 6.07 Å². The largest absolute Gasteiger partial charge is 0.398 e. The van der Waals surface area contributed by atoms with Crippen molar-refractivity contribution >= 4 is 22.5 Å². The van der Waals surface area contributed by atoms with Crippen molar-refractivity contribution in [2.45, 2.75) is 6.43 Å². The molecule has 1 aromatic heterocycles.